The minimum absolute atomic E-state index is 0.0183. The second kappa shape index (κ2) is 5.11. The predicted molar refractivity (Wildman–Crippen MR) is 90.8 cm³/mol. The van der Waals surface area contributed by atoms with Gasteiger partial charge in [-0.3, -0.25) is 10.1 Å². The molecular weight excluding hydrogens is 314 g/mol. The van der Waals surface area contributed by atoms with E-state index < -0.39 is 4.92 Å². The van der Waals surface area contributed by atoms with E-state index in [-0.39, 0.29) is 5.69 Å². The zero-order chi connectivity index (χ0) is 16.0. The third-order valence-electron chi connectivity index (χ3n) is 3.86. The third kappa shape index (κ3) is 2.07. The number of nitro benzene ring substituents is 1. The van der Waals surface area contributed by atoms with E-state index in [2.05, 4.69) is 0 Å². The molecule has 0 saturated heterocycles. The van der Waals surface area contributed by atoms with Gasteiger partial charge in [-0.2, -0.15) is 0 Å². The molecule has 0 aliphatic rings. The topological polar surface area (TPSA) is 56.3 Å². The summed E-state index contributed by atoms with van der Waals surface area (Å²) in [6, 6.07) is 17.8. The molecule has 1 heterocycles. The van der Waals surface area contributed by atoms with Gasteiger partial charge in [0.15, 0.2) is 0 Å². The summed E-state index contributed by atoms with van der Waals surface area (Å²) in [5.74, 6) is 0. The Balaban J connectivity index is 2.18. The normalized spacial score (nSPS) is 11.2. The summed E-state index contributed by atoms with van der Waals surface area (Å²) in [5.41, 5.74) is 2.51. The van der Waals surface area contributed by atoms with Crippen molar-refractivity contribution in [2.75, 3.05) is 0 Å². The van der Waals surface area contributed by atoms with Gasteiger partial charge in [0.05, 0.1) is 15.5 Å². The van der Waals surface area contributed by atoms with Gasteiger partial charge in [0.1, 0.15) is 11.2 Å². The lowest BCUT2D eigenvalue weighted by atomic mass is 9.98. The second-order valence-electron chi connectivity index (χ2n) is 5.17. The lowest BCUT2D eigenvalue weighted by Gasteiger charge is -2.07. The fraction of sp³-hybridized carbons (Fsp3) is 0. The van der Waals surface area contributed by atoms with E-state index in [0.29, 0.717) is 21.7 Å². The van der Waals surface area contributed by atoms with E-state index in [1.165, 1.54) is 6.07 Å². The van der Waals surface area contributed by atoms with E-state index in [9.17, 15) is 10.1 Å². The van der Waals surface area contributed by atoms with Gasteiger partial charge in [-0.25, -0.2) is 0 Å². The van der Waals surface area contributed by atoms with Gasteiger partial charge in [-0.1, -0.05) is 48.0 Å². The zero-order valence-corrected chi connectivity index (χ0v) is 12.6. The molecule has 0 aliphatic heterocycles. The van der Waals surface area contributed by atoms with Gasteiger partial charge in [0.2, 0.25) is 0 Å². The lowest BCUT2D eigenvalue weighted by Crippen LogP contribution is -1.93. The third-order valence-corrected chi connectivity index (χ3v) is 4.18. The second-order valence-corrected chi connectivity index (χ2v) is 5.58. The Bertz CT molecular complexity index is 1070. The van der Waals surface area contributed by atoms with Crippen LogP contribution >= 0.6 is 11.6 Å². The van der Waals surface area contributed by atoms with Crippen molar-refractivity contribution in [1.82, 2.24) is 0 Å². The molecule has 0 radical (unpaired) electrons. The van der Waals surface area contributed by atoms with Crippen molar-refractivity contribution in [3.63, 3.8) is 0 Å². The fourth-order valence-corrected chi connectivity index (χ4v) is 3.19. The molecule has 0 saturated carbocycles. The molecule has 0 fully saturated rings. The Morgan fingerprint density at radius 3 is 2.48 bits per heavy atom. The first kappa shape index (κ1) is 13.8. The maximum absolute atomic E-state index is 11.4. The molecule has 3 aromatic carbocycles. The molecule has 0 aliphatic carbocycles. The summed E-state index contributed by atoms with van der Waals surface area (Å²) in [4.78, 5) is 11.0. The van der Waals surface area contributed by atoms with Gasteiger partial charge in [0, 0.05) is 22.4 Å². The van der Waals surface area contributed by atoms with Crippen molar-refractivity contribution in [3.05, 3.63) is 75.8 Å². The fourth-order valence-electron chi connectivity index (χ4n) is 2.91. The van der Waals surface area contributed by atoms with Crippen LogP contribution in [0.15, 0.2) is 65.1 Å². The maximum atomic E-state index is 11.4. The van der Waals surface area contributed by atoms with Crippen LogP contribution < -0.4 is 0 Å². The molecular formula is C18H10ClNO3. The summed E-state index contributed by atoms with van der Waals surface area (Å²) in [6.45, 7) is 0. The van der Waals surface area contributed by atoms with Crippen LogP contribution in [0.2, 0.25) is 5.02 Å². The quantitative estimate of drug-likeness (QED) is 0.345. The van der Waals surface area contributed by atoms with E-state index in [1.807, 2.05) is 42.5 Å². The number of hydrogen-bond acceptors (Lipinski definition) is 3. The molecule has 0 amide bonds. The van der Waals surface area contributed by atoms with Crippen LogP contribution in [0.3, 0.4) is 0 Å². The largest absolute Gasteiger partial charge is 0.456 e. The number of rotatable bonds is 2. The molecule has 5 heteroatoms. The SMILES string of the molecule is O=[N+]([O-])c1cccc(Cl)c1-c1cccc2oc3ccccc3c12. The Morgan fingerprint density at radius 2 is 1.65 bits per heavy atom. The van der Waals surface area contributed by atoms with Crippen LogP contribution in [0.1, 0.15) is 0 Å². The summed E-state index contributed by atoms with van der Waals surface area (Å²) >= 11 is 6.29. The first-order valence-electron chi connectivity index (χ1n) is 7.00. The Hall–Kier alpha value is -2.85. The van der Waals surface area contributed by atoms with Crippen LogP contribution in [0.5, 0.6) is 0 Å². The summed E-state index contributed by atoms with van der Waals surface area (Å²) < 4.78 is 5.84. The van der Waals surface area contributed by atoms with E-state index in [0.717, 1.165) is 16.4 Å². The monoisotopic (exact) mass is 323 g/mol. The molecule has 0 unspecified atom stereocenters. The summed E-state index contributed by atoms with van der Waals surface area (Å²) in [5, 5.41) is 13.5. The highest BCUT2D eigenvalue weighted by Gasteiger charge is 2.22. The number of nitrogens with zero attached hydrogens (tertiary/aromatic N) is 1. The van der Waals surface area contributed by atoms with Crippen molar-refractivity contribution in [2.24, 2.45) is 0 Å². The average Bonchev–Trinajstić information content (AvgIpc) is 2.93. The summed E-state index contributed by atoms with van der Waals surface area (Å²) in [6.07, 6.45) is 0. The van der Waals surface area contributed by atoms with Crippen molar-refractivity contribution >= 4 is 39.2 Å². The van der Waals surface area contributed by atoms with Gasteiger partial charge < -0.3 is 4.42 Å². The van der Waals surface area contributed by atoms with Crippen molar-refractivity contribution in [1.29, 1.82) is 0 Å². The van der Waals surface area contributed by atoms with Gasteiger partial charge >= 0.3 is 0 Å². The van der Waals surface area contributed by atoms with E-state index >= 15 is 0 Å². The van der Waals surface area contributed by atoms with Crippen molar-refractivity contribution < 1.29 is 9.34 Å². The lowest BCUT2D eigenvalue weighted by molar-refractivity contribution is -0.384. The van der Waals surface area contributed by atoms with E-state index in [4.69, 9.17) is 16.0 Å². The summed E-state index contributed by atoms with van der Waals surface area (Å²) in [7, 11) is 0. The molecule has 23 heavy (non-hydrogen) atoms. The van der Waals surface area contributed by atoms with E-state index in [1.54, 1.807) is 12.1 Å². The number of hydrogen-bond donors (Lipinski definition) is 0. The van der Waals surface area contributed by atoms with Crippen molar-refractivity contribution in [2.45, 2.75) is 0 Å². The number of nitro groups is 1. The minimum Gasteiger partial charge on any atom is -0.456 e. The molecule has 4 nitrogen and oxygen atoms in total. The zero-order valence-electron chi connectivity index (χ0n) is 11.8. The molecule has 1 aromatic heterocycles. The highest BCUT2D eigenvalue weighted by Crippen LogP contribution is 2.42. The number of furan rings is 1. The molecule has 4 rings (SSSR count). The Kier molecular flexibility index (Phi) is 3.06. The van der Waals surface area contributed by atoms with Crippen LogP contribution in [-0.4, -0.2) is 4.92 Å². The van der Waals surface area contributed by atoms with Crippen LogP contribution in [0.4, 0.5) is 5.69 Å². The van der Waals surface area contributed by atoms with Crippen LogP contribution in [0, 0.1) is 10.1 Å². The maximum Gasteiger partial charge on any atom is 0.278 e. The number of halogens is 1. The first-order chi connectivity index (χ1) is 11.2. The van der Waals surface area contributed by atoms with Gasteiger partial charge in [0.25, 0.3) is 5.69 Å². The standard InChI is InChI=1S/C18H10ClNO3/c19-13-7-4-8-14(20(21)22)18(13)12-6-3-10-16-17(12)11-5-1-2-9-15(11)23-16/h1-10H. The van der Waals surface area contributed by atoms with Crippen molar-refractivity contribution in [3.8, 4) is 11.1 Å². The van der Waals surface area contributed by atoms with Crippen LogP contribution in [-0.2, 0) is 0 Å². The smallest absolute Gasteiger partial charge is 0.278 e. The highest BCUT2D eigenvalue weighted by atomic mass is 35.5. The highest BCUT2D eigenvalue weighted by molar-refractivity contribution is 6.34. The molecule has 0 bridgehead atoms. The van der Waals surface area contributed by atoms with Gasteiger partial charge in [-0.05, 0) is 18.2 Å². The molecule has 0 spiro atoms. The Morgan fingerprint density at radius 1 is 0.913 bits per heavy atom. The number of fused-ring (bicyclic) bond motifs is 3. The Labute approximate surface area is 136 Å². The predicted octanol–water partition coefficient (Wildman–Crippen LogP) is 5.81. The molecule has 0 N–H and O–H groups in total. The molecule has 4 aromatic rings. The molecule has 0 atom stereocenters. The average molecular weight is 324 g/mol. The number of para-hydroxylation sites is 1. The first-order valence-corrected chi connectivity index (χ1v) is 7.38. The minimum atomic E-state index is -0.414. The van der Waals surface area contributed by atoms with Gasteiger partial charge in [-0.15, -0.1) is 0 Å². The number of benzene rings is 3. The van der Waals surface area contributed by atoms with Crippen LogP contribution in [0.25, 0.3) is 33.1 Å². The molecule has 112 valence electrons.